The molecule has 2 rings (SSSR count). The molecule has 0 spiro atoms. The Kier molecular flexibility index (Phi) is 3.87. The fourth-order valence-corrected chi connectivity index (χ4v) is 3.05. The molecule has 21 heavy (non-hydrogen) atoms. The zero-order chi connectivity index (χ0) is 15.8. The molecule has 0 saturated carbocycles. The quantitative estimate of drug-likeness (QED) is 0.856. The molecule has 0 aliphatic heterocycles. The van der Waals surface area contributed by atoms with Gasteiger partial charge in [0.1, 0.15) is 16.5 Å². The van der Waals surface area contributed by atoms with E-state index in [-0.39, 0.29) is 5.69 Å². The Balaban J connectivity index is 2.45. The summed E-state index contributed by atoms with van der Waals surface area (Å²) in [6, 6.07) is 5.46. The number of benzene rings is 2. The first-order chi connectivity index (χ1) is 9.70. The van der Waals surface area contributed by atoms with E-state index >= 15 is 0 Å². The van der Waals surface area contributed by atoms with E-state index in [4.69, 9.17) is 5.73 Å². The highest BCUT2D eigenvalue weighted by molar-refractivity contribution is 7.92. The fraction of sp³-hybridized carbons (Fsp3) is 0.143. The largest absolute Gasteiger partial charge is 0.398 e. The number of nitrogens with two attached hydrogens (primary N) is 1. The molecule has 0 bridgehead atoms. The van der Waals surface area contributed by atoms with Crippen LogP contribution in [0.1, 0.15) is 11.1 Å². The predicted molar refractivity (Wildman–Crippen MR) is 77.5 cm³/mol. The summed E-state index contributed by atoms with van der Waals surface area (Å²) in [5.41, 5.74) is 7.86. The molecular formula is C14H14F2N2O2S. The lowest BCUT2D eigenvalue weighted by atomic mass is 10.1. The second kappa shape index (κ2) is 5.33. The number of sulfonamides is 1. The molecule has 0 atom stereocenters. The third-order valence-corrected chi connectivity index (χ3v) is 4.44. The SMILES string of the molecule is Cc1cc(C)c(NS(=O)(=O)c2ccc(F)cc2F)cc1N. The van der Waals surface area contributed by atoms with Crippen LogP contribution in [0.5, 0.6) is 0 Å². The minimum Gasteiger partial charge on any atom is -0.398 e. The number of hydrogen-bond donors (Lipinski definition) is 2. The van der Waals surface area contributed by atoms with Crippen molar-refractivity contribution >= 4 is 21.4 Å². The van der Waals surface area contributed by atoms with Crippen LogP contribution in [0.2, 0.25) is 0 Å². The van der Waals surface area contributed by atoms with Gasteiger partial charge >= 0.3 is 0 Å². The van der Waals surface area contributed by atoms with Crippen molar-refractivity contribution in [3.63, 3.8) is 0 Å². The Hall–Kier alpha value is -2.15. The van der Waals surface area contributed by atoms with E-state index in [1.165, 1.54) is 6.07 Å². The molecule has 4 nitrogen and oxygen atoms in total. The molecule has 3 N–H and O–H groups in total. The Morgan fingerprint density at radius 1 is 1.05 bits per heavy atom. The van der Waals surface area contributed by atoms with Gasteiger partial charge in [-0.25, -0.2) is 17.2 Å². The van der Waals surface area contributed by atoms with E-state index in [0.717, 1.165) is 17.7 Å². The molecule has 0 saturated heterocycles. The second-order valence-corrected chi connectivity index (χ2v) is 6.35. The number of hydrogen-bond acceptors (Lipinski definition) is 3. The number of aryl methyl sites for hydroxylation is 2. The number of anilines is 2. The van der Waals surface area contributed by atoms with E-state index in [0.29, 0.717) is 17.3 Å². The summed E-state index contributed by atoms with van der Waals surface area (Å²) in [5, 5.41) is 0. The maximum atomic E-state index is 13.6. The Morgan fingerprint density at radius 3 is 2.33 bits per heavy atom. The van der Waals surface area contributed by atoms with Crippen LogP contribution in [-0.4, -0.2) is 8.42 Å². The Morgan fingerprint density at radius 2 is 1.71 bits per heavy atom. The molecule has 0 radical (unpaired) electrons. The van der Waals surface area contributed by atoms with Crippen molar-refractivity contribution in [2.24, 2.45) is 0 Å². The van der Waals surface area contributed by atoms with Crippen molar-refractivity contribution in [3.8, 4) is 0 Å². The maximum Gasteiger partial charge on any atom is 0.264 e. The van der Waals surface area contributed by atoms with Gasteiger partial charge < -0.3 is 5.73 Å². The average molecular weight is 312 g/mol. The van der Waals surface area contributed by atoms with Crippen molar-refractivity contribution in [1.82, 2.24) is 0 Å². The van der Waals surface area contributed by atoms with Gasteiger partial charge in [-0.15, -0.1) is 0 Å². The van der Waals surface area contributed by atoms with Gasteiger partial charge in [-0.3, -0.25) is 4.72 Å². The van der Waals surface area contributed by atoms with Gasteiger partial charge in [-0.2, -0.15) is 0 Å². The van der Waals surface area contributed by atoms with Crippen LogP contribution < -0.4 is 10.5 Å². The number of halogens is 2. The van der Waals surface area contributed by atoms with Crippen molar-refractivity contribution in [3.05, 3.63) is 53.1 Å². The third kappa shape index (κ3) is 3.13. The van der Waals surface area contributed by atoms with E-state index in [2.05, 4.69) is 4.72 Å². The second-order valence-electron chi connectivity index (χ2n) is 4.70. The van der Waals surface area contributed by atoms with Crippen LogP contribution >= 0.6 is 0 Å². The smallest absolute Gasteiger partial charge is 0.264 e. The van der Waals surface area contributed by atoms with Crippen molar-refractivity contribution in [2.45, 2.75) is 18.7 Å². The normalized spacial score (nSPS) is 11.4. The van der Waals surface area contributed by atoms with Crippen LogP contribution in [0, 0.1) is 25.5 Å². The monoisotopic (exact) mass is 312 g/mol. The first-order valence-electron chi connectivity index (χ1n) is 6.05. The lowest BCUT2D eigenvalue weighted by Crippen LogP contribution is -2.15. The summed E-state index contributed by atoms with van der Waals surface area (Å²) in [5.74, 6) is -2.00. The van der Waals surface area contributed by atoms with E-state index in [1.807, 2.05) is 0 Å². The summed E-state index contributed by atoms with van der Waals surface area (Å²) in [6.45, 7) is 3.49. The molecule has 0 heterocycles. The summed E-state index contributed by atoms with van der Waals surface area (Å²) < 4.78 is 53.1. The van der Waals surface area contributed by atoms with E-state index in [1.54, 1.807) is 19.9 Å². The van der Waals surface area contributed by atoms with E-state index in [9.17, 15) is 17.2 Å². The molecule has 7 heteroatoms. The van der Waals surface area contributed by atoms with Gasteiger partial charge in [0.2, 0.25) is 0 Å². The first-order valence-corrected chi connectivity index (χ1v) is 7.53. The molecule has 0 amide bonds. The molecule has 0 aliphatic carbocycles. The fourth-order valence-electron chi connectivity index (χ4n) is 1.87. The highest BCUT2D eigenvalue weighted by atomic mass is 32.2. The summed E-state index contributed by atoms with van der Waals surface area (Å²) >= 11 is 0. The van der Waals surface area contributed by atoms with Crippen LogP contribution in [-0.2, 0) is 10.0 Å². The zero-order valence-electron chi connectivity index (χ0n) is 11.4. The number of rotatable bonds is 3. The molecule has 0 aromatic heterocycles. The average Bonchev–Trinajstić information content (AvgIpc) is 2.35. The Bertz CT molecular complexity index is 805. The van der Waals surface area contributed by atoms with Crippen LogP contribution in [0.15, 0.2) is 35.2 Å². The van der Waals surface area contributed by atoms with Gasteiger partial charge in [0, 0.05) is 11.8 Å². The lowest BCUT2D eigenvalue weighted by Gasteiger charge is -2.13. The molecule has 0 unspecified atom stereocenters. The minimum atomic E-state index is -4.16. The van der Waals surface area contributed by atoms with Gasteiger partial charge in [-0.05, 0) is 43.2 Å². The first kappa shape index (κ1) is 15.2. The predicted octanol–water partition coefficient (Wildman–Crippen LogP) is 2.96. The van der Waals surface area contributed by atoms with Gasteiger partial charge in [-0.1, -0.05) is 6.07 Å². The summed E-state index contributed by atoms with van der Waals surface area (Å²) in [6.07, 6.45) is 0. The minimum absolute atomic E-state index is 0.252. The van der Waals surface area contributed by atoms with Crippen molar-refractivity contribution in [2.75, 3.05) is 10.5 Å². The maximum absolute atomic E-state index is 13.6. The van der Waals surface area contributed by atoms with E-state index < -0.39 is 26.6 Å². The summed E-state index contributed by atoms with van der Waals surface area (Å²) in [7, 11) is -4.16. The van der Waals surface area contributed by atoms with Crippen LogP contribution in [0.25, 0.3) is 0 Å². The van der Waals surface area contributed by atoms with Gasteiger partial charge in [0.25, 0.3) is 10.0 Å². The van der Waals surface area contributed by atoms with Crippen LogP contribution in [0.3, 0.4) is 0 Å². The highest BCUT2D eigenvalue weighted by Crippen LogP contribution is 2.26. The zero-order valence-corrected chi connectivity index (χ0v) is 12.3. The van der Waals surface area contributed by atoms with Crippen LogP contribution in [0.4, 0.5) is 20.2 Å². The summed E-state index contributed by atoms with van der Waals surface area (Å²) in [4.78, 5) is -0.623. The molecule has 112 valence electrons. The highest BCUT2D eigenvalue weighted by Gasteiger charge is 2.20. The van der Waals surface area contributed by atoms with Crippen molar-refractivity contribution < 1.29 is 17.2 Å². The molecule has 2 aromatic carbocycles. The number of nitrogen functional groups attached to an aromatic ring is 1. The van der Waals surface area contributed by atoms with Gasteiger partial charge in [0.05, 0.1) is 5.69 Å². The Labute approximate surface area is 121 Å². The standard InChI is InChI=1S/C14H14F2N2O2S/c1-8-5-9(2)13(7-12(8)17)18-21(19,20)14-4-3-10(15)6-11(14)16/h3-7,18H,17H2,1-2H3. The lowest BCUT2D eigenvalue weighted by molar-refractivity contribution is 0.551. The topological polar surface area (TPSA) is 72.2 Å². The molecule has 0 fully saturated rings. The third-order valence-electron chi connectivity index (χ3n) is 3.04. The number of nitrogens with one attached hydrogen (secondary N) is 1. The van der Waals surface area contributed by atoms with Gasteiger partial charge in [0.15, 0.2) is 0 Å². The molecule has 0 aliphatic rings. The molecule has 2 aromatic rings. The van der Waals surface area contributed by atoms with Crippen molar-refractivity contribution in [1.29, 1.82) is 0 Å². The molecular weight excluding hydrogens is 298 g/mol.